The molecule has 0 aromatic heterocycles. The van der Waals surface area contributed by atoms with Crippen LogP contribution in [-0.2, 0) is 10.0 Å². The third kappa shape index (κ3) is 5.75. The Kier molecular flexibility index (Phi) is 7.33. The summed E-state index contributed by atoms with van der Waals surface area (Å²) in [4.78, 5) is 10.6. The van der Waals surface area contributed by atoms with Crippen LogP contribution in [0.3, 0.4) is 0 Å². The largest absolute Gasteiger partial charge is 0.496 e. The minimum Gasteiger partial charge on any atom is -0.496 e. The Morgan fingerprint density at radius 3 is 2.62 bits per heavy atom. The second kappa shape index (κ2) is 9.98. The zero-order chi connectivity index (χ0) is 23.3. The molecule has 0 aliphatic carbocycles. The quantitative estimate of drug-likeness (QED) is 0.228. The van der Waals surface area contributed by atoms with Gasteiger partial charge in [0.05, 0.1) is 28.8 Å². The standard InChI is InChI=1S/C20H16BrClN4O5S/c1-31-20-8-5-14(21)9-13(20)12-23-24-18-7-6-17(11-19(18)26(27)28)32(29,30)25-16-4-2-3-15(22)10-16/h2-12,24-25H,1H3/b23-12+. The predicted octanol–water partition coefficient (Wildman–Crippen LogP) is 5.27. The van der Waals surface area contributed by atoms with E-state index in [9.17, 15) is 18.5 Å². The average molecular weight is 540 g/mol. The van der Waals surface area contributed by atoms with Gasteiger partial charge in [0, 0.05) is 21.1 Å². The first-order chi connectivity index (χ1) is 15.2. The summed E-state index contributed by atoms with van der Waals surface area (Å²) in [5.41, 5.74) is 2.99. The van der Waals surface area contributed by atoms with Crippen LogP contribution in [0.15, 0.2) is 75.1 Å². The highest BCUT2D eigenvalue weighted by Crippen LogP contribution is 2.29. The summed E-state index contributed by atoms with van der Waals surface area (Å²) in [7, 11) is -2.57. The number of halogens is 2. The van der Waals surface area contributed by atoms with Gasteiger partial charge in [0.1, 0.15) is 11.4 Å². The number of nitro groups is 1. The van der Waals surface area contributed by atoms with Gasteiger partial charge in [-0.2, -0.15) is 5.10 Å². The summed E-state index contributed by atoms with van der Waals surface area (Å²) in [5, 5.41) is 15.9. The maximum absolute atomic E-state index is 12.7. The van der Waals surface area contributed by atoms with E-state index in [1.165, 1.54) is 37.6 Å². The summed E-state index contributed by atoms with van der Waals surface area (Å²) in [6.45, 7) is 0. The van der Waals surface area contributed by atoms with E-state index in [1.807, 2.05) is 0 Å². The van der Waals surface area contributed by atoms with Crippen LogP contribution in [0.4, 0.5) is 17.1 Å². The molecule has 9 nitrogen and oxygen atoms in total. The Morgan fingerprint density at radius 1 is 1.16 bits per heavy atom. The second-order valence-electron chi connectivity index (χ2n) is 6.31. The summed E-state index contributed by atoms with van der Waals surface area (Å²) < 4.78 is 33.7. The molecule has 0 aliphatic heterocycles. The fraction of sp³-hybridized carbons (Fsp3) is 0.0500. The van der Waals surface area contributed by atoms with Crippen molar-refractivity contribution in [2.45, 2.75) is 4.90 Å². The van der Waals surface area contributed by atoms with Crippen LogP contribution < -0.4 is 14.9 Å². The summed E-state index contributed by atoms with van der Waals surface area (Å²) >= 11 is 9.22. The lowest BCUT2D eigenvalue weighted by atomic mass is 10.2. The molecule has 0 spiro atoms. The lowest BCUT2D eigenvalue weighted by Crippen LogP contribution is -2.13. The molecule has 0 fully saturated rings. The number of anilines is 2. The molecule has 166 valence electrons. The molecule has 0 bridgehead atoms. The maximum atomic E-state index is 12.7. The van der Waals surface area contributed by atoms with Gasteiger partial charge in [-0.1, -0.05) is 33.6 Å². The van der Waals surface area contributed by atoms with E-state index in [4.69, 9.17) is 16.3 Å². The molecule has 0 aliphatic rings. The monoisotopic (exact) mass is 538 g/mol. The van der Waals surface area contributed by atoms with Gasteiger partial charge in [-0.05, 0) is 48.5 Å². The minimum atomic E-state index is -4.08. The number of hydrogen-bond acceptors (Lipinski definition) is 7. The Labute approximate surface area is 197 Å². The Balaban J connectivity index is 1.86. The number of benzene rings is 3. The van der Waals surface area contributed by atoms with Gasteiger partial charge in [0.15, 0.2) is 0 Å². The van der Waals surface area contributed by atoms with Crippen molar-refractivity contribution in [3.63, 3.8) is 0 Å². The molecule has 3 aromatic rings. The van der Waals surface area contributed by atoms with E-state index in [2.05, 4.69) is 31.2 Å². The van der Waals surface area contributed by atoms with Crippen LogP contribution in [0.1, 0.15) is 5.56 Å². The molecular formula is C20H16BrClN4O5S. The molecule has 32 heavy (non-hydrogen) atoms. The van der Waals surface area contributed by atoms with Gasteiger partial charge >= 0.3 is 0 Å². The lowest BCUT2D eigenvalue weighted by molar-refractivity contribution is -0.384. The van der Waals surface area contributed by atoms with Gasteiger partial charge in [-0.15, -0.1) is 0 Å². The number of hydrogen-bond donors (Lipinski definition) is 2. The van der Waals surface area contributed by atoms with Crippen LogP contribution in [0.5, 0.6) is 5.75 Å². The van der Waals surface area contributed by atoms with Crippen LogP contribution in [0.2, 0.25) is 5.02 Å². The fourth-order valence-electron chi connectivity index (χ4n) is 2.67. The minimum absolute atomic E-state index is 0.0157. The lowest BCUT2D eigenvalue weighted by Gasteiger charge is -2.10. The first-order valence-corrected chi connectivity index (χ1v) is 11.5. The van der Waals surface area contributed by atoms with E-state index >= 15 is 0 Å². The summed E-state index contributed by atoms with van der Waals surface area (Å²) in [6.07, 6.45) is 1.43. The Hall–Kier alpha value is -3.15. The number of hydrazone groups is 1. The van der Waals surface area contributed by atoms with E-state index in [0.717, 1.165) is 10.5 Å². The van der Waals surface area contributed by atoms with Gasteiger partial charge < -0.3 is 4.74 Å². The van der Waals surface area contributed by atoms with Crippen LogP contribution in [0, 0.1) is 10.1 Å². The van der Waals surface area contributed by atoms with E-state index in [1.54, 1.807) is 30.3 Å². The number of sulfonamides is 1. The fourth-order valence-corrected chi connectivity index (χ4v) is 4.31. The summed E-state index contributed by atoms with van der Waals surface area (Å²) in [5.74, 6) is 0.557. The van der Waals surface area contributed by atoms with Crippen molar-refractivity contribution in [1.29, 1.82) is 0 Å². The van der Waals surface area contributed by atoms with Crippen molar-refractivity contribution in [3.8, 4) is 5.75 Å². The Morgan fingerprint density at radius 2 is 1.94 bits per heavy atom. The highest BCUT2D eigenvalue weighted by Gasteiger charge is 2.21. The molecule has 2 N–H and O–H groups in total. The number of methoxy groups -OCH3 is 1. The molecule has 0 heterocycles. The number of rotatable bonds is 8. The van der Waals surface area contributed by atoms with E-state index < -0.39 is 20.6 Å². The van der Waals surface area contributed by atoms with Gasteiger partial charge in [-0.3, -0.25) is 20.3 Å². The SMILES string of the molecule is COc1ccc(Br)cc1/C=N/Nc1ccc(S(=O)(=O)Nc2cccc(Cl)c2)cc1[N+](=O)[O-]. The van der Waals surface area contributed by atoms with Crippen molar-refractivity contribution in [1.82, 2.24) is 0 Å². The van der Waals surface area contributed by atoms with Gasteiger partial charge in [0.25, 0.3) is 15.7 Å². The zero-order valence-electron chi connectivity index (χ0n) is 16.5. The average Bonchev–Trinajstić information content (AvgIpc) is 2.73. The van der Waals surface area contributed by atoms with Crippen molar-refractivity contribution in [2.24, 2.45) is 5.10 Å². The smallest absolute Gasteiger partial charge is 0.295 e. The molecule has 0 atom stereocenters. The number of ether oxygens (including phenoxy) is 1. The molecule has 0 amide bonds. The molecule has 0 unspecified atom stereocenters. The third-order valence-corrected chi connectivity index (χ3v) is 6.24. The topological polar surface area (TPSA) is 123 Å². The van der Waals surface area contributed by atoms with Gasteiger partial charge in [0.2, 0.25) is 0 Å². The summed E-state index contributed by atoms with van der Waals surface area (Å²) in [6, 6.07) is 14.8. The highest BCUT2D eigenvalue weighted by atomic mass is 79.9. The first kappa shape index (κ1) is 23.5. The third-order valence-electron chi connectivity index (χ3n) is 4.13. The zero-order valence-corrected chi connectivity index (χ0v) is 19.6. The molecule has 3 aromatic carbocycles. The molecular weight excluding hydrogens is 524 g/mol. The van der Waals surface area contributed by atoms with Crippen LogP contribution in [0.25, 0.3) is 0 Å². The van der Waals surface area contributed by atoms with Crippen molar-refractivity contribution in [3.05, 3.63) is 85.8 Å². The molecule has 12 heteroatoms. The molecule has 0 saturated carbocycles. The second-order valence-corrected chi connectivity index (χ2v) is 9.34. The van der Waals surface area contributed by atoms with Crippen molar-refractivity contribution in [2.75, 3.05) is 17.3 Å². The Bertz CT molecular complexity index is 1300. The molecule has 0 saturated heterocycles. The van der Waals surface area contributed by atoms with E-state index in [-0.39, 0.29) is 16.3 Å². The van der Waals surface area contributed by atoms with Gasteiger partial charge in [-0.25, -0.2) is 8.42 Å². The number of nitrogens with zero attached hydrogens (tertiary/aromatic N) is 2. The first-order valence-electron chi connectivity index (χ1n) is 8.89. The predicted molar refractivity (Wildman–Crippen MR) is 127 cm³/mol. The van der Waals surface area contributed by atoms with Crippen molar-refractivity contribution < 1.29 is 18.1 Å². The van der Waals surface area contributed by atoms with E-state index in [0.29, 0.717) is 16.3 Å². The highest BCUT2D eigenvalue weighted by molar-refractivity contribution is 9.10. The molecule has 3 rings (SSSR count). The van der Waals surface area contributed by atoms with Crippen LogP contribution in [-0.4, -0.2) is 26.7 Å². The number of nitrogens with one attached hydrogen (secondary N) is 2. The maximum Gasteiger partial charge on any atom is 0.295 e. The molecule has 0 radical (unpaired) electrons. The van der Waals surface area contributed by atoms with Crippen molar-refractivity contribution >= 4 is 60.8 Å². The number of nitro benzene ring substituents is 1. The normalized spacial score (nSPS) is 11.3. The van der Waals surface area contributed by atoms with Crippen LogP contribution >= 0.6 is 27.5 Å².